The van der Waals surface area contributed by atoms with Crippen molar-refractivity contribution in [3.8, 4) is 34.0 Å². The molecule has 3 aromatic heterocycles. The second-order valence-corrected chi connectivity index (χ2v) is 8.92. The van der Waals surface area contributed by atoms with E-state index < -0.39 is 5.82 Å². The van der Waals surface area contributed by atoms with Gasteiger partial charge in [0.1, 0.15) is 17.8 Å². The number of amides is 1. The van der Waals surface area contributed by atoms with Gasteiger partial charge in [-0.3, -0.25) is 4.79 Å². The molecule has 5 aromatic rings. The first-order valence-corrected chi connectivity index (χ1v) is 11.8. The van der Waals surface area contributed by atoms with E-state index in [-0.39, 0.29) is 17.5 Å². The Balaban J connectivity index is 1.61. The Morgan fingerprint density at radius 1 is 1.08 bits per heavy atom. The fourth-order valence-corrected chi connectivity index (χ4v) is 4.27. The molecule has 38 heavy (non-hydrogen) atoms. The molecule has 0 aliphatic rings. The van der Waals surface area contributed by atoms with E-state index in [1.54, 1.807) is 43.3 Å². The molecule has 0 saturated heterocycles. The van der Waals surface area contributed by atoms with E-state index in [1.165, 1.54) is 12.4 Å². The summed E-state index contributed by atoms with van der Waals surface area (Å²) in [5.41, 5.74) is 11.5. The summed E-state index contributed by atoms with van der Waals surface area (Å²) >= 11 is 0. The molecule has 9 heteroatoms. The van der Waals surface area contributed by atoms with Crippen LogP contribution in [0.1, 0.15) is 12.6 Å². The highest BCUT2D eigenvalue weighted by Crippen LogP contribution is 2.42. The number of nitrogens with zero attached hydrogens (tertiary/aromatic N) is 4. The summed E-state index contributed by atoms with van der Waals surface area (Å²) in [4.78, 5) is 24.9. The average Bonchev–Trinajstić information content (AvgIpc) is 3.19. The van der Waals surface area contributed by atoms with Crippen molar-refractivity contribution in [3.63, 3.8) is 0 Å². The van der Waals surface area contributed by atoms with Gasteiger partial charge in [0.2, 0.25) is 5.88 Å². The molecule has 190 valence electrons. The van der Waals surface area contributed by atoms with E-state index >= 15 is 4.39 Å². The van der Waals surface area contributed by atoms with Crippen LogP contribution in [0.15, 0.2) is 79.1 Å². The monoisotopic (exact) mass is 508 g/mol. The van der Waals surface area contributed by atoms with Crippen LogP contribution in [0, 0.1) is 12.7 Å². The lowest BCUT2D eigenvalue weighted by atomic mass is 9.98. The average molecular weight is 509 g/mol. The zero-order valence-electron chi connectivity index (χ0n) is 21.1. The van der Waals surface area contributed by atoms with Crippen LogP contribution < -0.4 is 15.8 Å². The summed E-state index contributed by atoms with van der Waals surface area (Å²) in [6.45, 7) is 7.14. The summed E-state index contributed by atoms with van der Waals surface area (Å²) in [6.07, 6.45) is 1.40. The number of nitrogens with one attached hydrogen (secondary N) is 1. The maximum absolute atomic E-state index is 15.3. The number of carbonyl (C=O) groups excluding carboxylic acids is 1. The molecule has 3 N–H and O–H groups in total. The lowest BCUT2D eigenvalue weighted by Crippen LogP contribution is -2.11. The number of aryl methyl sites for hydroxylation is 2. The molecule has 0 aliphatic heterocycles. The van der Waals surface area contributed by atoms with Gasteiger partial charge < -0.3 is 20.4 Å². The minimum Gasteiger partial charge on any atom is -0.436 e. The molecule has 0 saturated carbocycles. The Hall–Kier alpha value is -5.05. The molecule has 1 amide bonds. The highest BCUT2D eigenvalue weighted by molar-refractivity contribution is 6.08. The highest BCUT2D eigenvalue weighted by atomic mass is 19.1. The van der Waals surface area contributed by atoms with Crippen LogP contribution in [0.5, 0.6) is 11.6 Å². The molecule has 0 atom stereocenters. The first kappa shape index (κ1) is 24.6. The van der Waals surface area contributed by atoms with Gasteiger partial charge in [0, 0.05) is 35.6 Å². The van der Waals surface area contributed by atoms with Crippen LogP contribution in [0.3, 0.4) is 0 Å². The fraction of sp³-hybridized carbons (Fsp3) is 0.103. The van der Waals surface area contributed by atoms with Crippen molar-refractivity contribution < 1.29 is 13.9 Å². The number of pyridine rings is 1. The Labute approximate surface area is 218 Å². The molecule has 5 rings (SSSR count). The van der Waals surface area contributed by atoms with Gasteiger partial charge in [0.15, 0.2) is 11.6 Å². The Bertz CT molecular complexity index is 1710. The number of nitrogen functional groups attached to an aromatic ring is 1. The lowest BCUT2D eigenvalue weighted by molar-refractivity contribution is -0.112. The molecule has 0 radical (unpaired) electrons. The van der Waals surface area contributed by atoms with Gasteiger partial charge in [-0.1, -0.05) is 30.8 Å². The molecule has 0 fully saturated rings. The van der Waals surface area contributed by atoms with Crippen LogP contribution in [-0.4, -0.2) is 25.4 Å². The topological polar surface area (TPSA) is 108 Å². The van der Waals surface area contributed by atoms with Crippen LogP contribution in [0.4, 0.5) is 15.9 Å². The Morgan fingerprint density at radius 2 is 1.82 bits per heavy atom. The number of benzene rings is 2. The second-order valence-electron chi connectivity index (χ2n) is 8.92. The lowest BCUT2D eigenvalue weighted by Gasteiger charge is -2.12. The Morgan fingerprint density at radius 3 is 2.50 bits per heavy atom. The number of aromatic nitrogens is 4. The van der Waals surface area contributed by atoms with Crippen molar-refractivity contribution in [2.45, 2.75) is 13.8 Å². The predicted octanol–water partition coefficient (Wildman–Crippen LogP) is 6.03. The van der Waals surface area contributed by atoms with Gasteiger partial charge >= 0.3 is 0 Å². The van der Waals surface area contributed by atoms with Crippen LogP contribution in [0.2, 0.25) is 0 Å². The van der Waals surface area contributed by atoms with Crippen molar-refractivity contribution >= 4 is 28.4 Å². The van der Waals surface area contributed by atoms with E-state index in [0.717, 1.165) is 17.0 Å². The van der Waals surface area contributed by atoms with Gasteiger partial charge in [-0.25, -0.2) is 19.3 Å². The molecule has 0 bridgehead atoms. The molecule has 2 aromatic carbocycles. The fourth-order valence-electron chi connectivity index (χ4n) is 4.27. The maximum Gasteiger partial charge on any atom is 0.250 e. The summed E-state index contributed by atoms with van der Waals surface area (Å²) in [7, 11) is 1.86. The largest absolute Gasteiger partial charge is 0.436 e. The van der Waals surface area contributed by atoms with Gasteiger partial charge in [0.05, 0.1) is 11.1 Å². The number of fused-ring (bicyclic) bond motifs is 1. The standard InChI is InChI=1S/C29H25FN6O2/c1-16(2)29(37)35-20-11-8-18(9-12-20)26-24(25-27(31)32-15-33-28(25)36(26)4)19-10-13-22(21(30)14-19)38-23-7-5-6-17(3)34-23/h5-15H,1H2,2-4H3,(H,35,37)(H2,31,32,33). The van der Waals surface area contributed by atoms with E-state index in [2.05, 4.69) is 26.8 Å². The van der Waals surface area contributed by atoms with E-state index in [4.69, 9.17) is 10.5 Å². The van der Waals surface area contributed by atoms with Crippen molar-refractivity contribution in [1.29, 1.82) is 0 Å². The van der Waals surface area contributed by atoms with Gasteiger partial charge in [-0.15, -0.1) is 0 Å². The second kappa shape index (κ2) is 9.78. The quantitative estimate of drug-likeness (QED) is 0.271. The number of rotatable bonds is 6. The van der Waals surface area contributed by atoms with Gasteiger partial charge in [-0.2, -0.15) is 0 Å². The van der Waals surface area contributed by atoms with Crippen LogP contribution in [-0.2, 0) is 11.8 Å². The summed E-state index contributed by atoms with van der Waals surface area (Å²) in [6, 6.07) is 17.3. The van der Waals surface area contributed by atoms with Gasteiger partial charge in [-0.05, 0) is 55.3 Å². The number of hydrogen-bond acceptors (Lipinski definition) is 6. The smallest absolute Gasteiger partial charge is 0.250 e. The maximum atomic E-state index is 15.3. The third-order valence-electron chi connectivity index (χ3n) is 6.10. The summed E-state index contributed by atoms with van der Waals surface area (Å²) < 4.78 is 22.9. The molecule has 3 heterocycles. The summed E-state index contributed by atoms with van der Waals surface area (Å²) in [5.74, 6) is -0.178. The summed E-state index contributed by atoms with van der Waals surface area (Å²) in [5, 5.41) is 3.41. The van der Waals surface area contributed by atoms with Crippen molar-refractivity contribution in [2.75, 3.05) is 11.1 Å². The van der Waals surface area contributed by atoms with E-state index in [1.807, 2.05) is 36.7 Å². The van der Waals surface area contributed by atoms with Gasteiger partial charge in [0.25, 0.3) is 5.91 Å². The highest BCUT2D eigenvalue weighted by Gasteiger charge is 2.23. The number of ether oxygens (including phenoxy) is 1. The molecule has 8 nitrogen and oxygen atoms in total. The van der Waals surface area contributed by atoms with Crippen LogP contribution >= 0.6 is 0 Å². The first-order chi connectivity index (χ1) is 18.2. The number of halogens is 1. The zero-order valence-corrected chi connectivity index (χ0v) is 21.1. The van der Waals surface area contributed by atoms with Crippen molar-refractivity contribution in [1.82, 2.24) is 19.5 Å². The van der Waals surface area contributed by atoms with E-state index in [0.29, 0.717) is 39.3 Å². The third-order valence-corrected chi connectivity index (χ3v) is 6.10. The molecule has 0 spiro atoms. The SMILES string of the molecule is C=C(C)C(=O)Nc1ccc(-c2c(-c3ccc(Oc4cccc(C)n4)c(F)c3)c3c(N)ncnc3n2C)cc1. The number of hydrogen-bond donors (Lipinski definition) is 2. The normalized spacial score (nSPS) is 10.9. The van der Waals surface area contributed by atoms with Crippen molar-refractivity contribution in [3.05, 3.63) is 90.7 Å². The number of carbonyl (C=O) groups is 1. The first-order valence-electron chi connectivity index (χ1n) is 11.8. The van der Waals surface area contributed by atoms with E-state index in [9.17, 15) is 4.79 Å². The zero-order chi connectivity index (χ0) is 27.0. The minimum atomic E-state index is -0.554. The molecule has 0 aliphatic carbocycles. The third kappa shape index (κ3) is 4.57. The number of nitrogens with two attached hydrogens (primary N) is 1. The predicted molar refractivity (Wildman–Crippen MR) is 146 cm³/mol. The Kier molecular flexibility index (Phi) is 6.34. The molecular weight excluding hydrogens is 483 g/mol. The number of anilines is 2. The van der Waals surface area contributed by atoms with Crippen molar-refractivity contribution in [2.24, 2.45) is 7.05 Å². The minimum absolute atomic E-state index is 0.0514. The molecule has 0 unspecified atom stereocenters. The molecular formula is C29H25FN6O2. The van der Waals surface area contributed by atoms with Crippen LogP contribution in [0.25, 0.3) is 33.4 Å².